The maximum Gasteiger partial charge on any atom is 0.144 e. The molecule has 0 atom stereocenters. The molecule has 0 spiro atoms. The zero-order chi connectivity index (χ0) is 11.8. The van der Waals surface area contributed by atoms with Gasteiger partial charge in [-0.25, -0.2) is 9.97 Å². The van der Waals surface area contributed by atoms with Gasteiger partial charge < -0.3 is 20.7 Å². The van der Waals surface area contributed by atoms with Crippen LogP contribution in [-0.2, 0) is 4.74 Å². The summed E-state index contributed by atoms with van der Waals surface area (Å²) < 4.78 is 4.99. The summed E-state index contributed by atoms with van der Waals surface area (Å²) in [5, 5.41) is 3.17. The lowest BCUT2D eigenvalue weighted by atomic mass is 10.5. The van der Waals surface area contributed by atoms with Gasteiger partial charge in [-0.3, -0.25) is 0 Å². The first-order chi connectivity index (χ1) is 7.72. The van der Waals surface area contributed by atoms with Crippen LogP contribution >= 0.6 is 0 Å². The van der Waals surface area contributed by atoms with Crippen LogP contribution in [-0.4, -0.2) is 55.3 Å². The second-order valence-electron chi connectivity index (χ2n) is 3.55. The van der Waals surface area contributed by atoms with Gasteiger partial charge in [0.2, 0.25) is 0 Å². The molecule has 16 heavy (non-hydrogen) atoms. The third-order valence-electron chi connectivity index (χ3n) is 2.15. The van der Waals surface area contributed by atoms with E-state index in [1.165, 1.54) is 6.20 Å². The topological polar surface area (TPSA) is 76.3 Å². The van der Waals surface area contributed by atoms with Crippen LogP contribution in [0.15, 0.2) is 12.4 Å². The summed E-state index contributed by atoms with van der Waals surface area (Å²) in [7, 11) is 3.76. The van der Waals surface area contributed by atoms with Crippen molar-refractivity contribution in [2.45, 2.75) is 0 Å². The first-order valence-corrected chi connectivity index (χ1v) is 5.21. The van der Waals surface area contributed by atoms with Gasteiger partial charge in [0, 0.05) is 26.7 Å². The summed E-state index contributed by atoms with van der Waals surface area (Å²) in [5.74, 6) is 1.18. The number of nitrogens with two attached hydrogens (primary N) is 1. The number of hydrogen-bond acceptors (Lipinski definition) is 6. The zero-order valence-electron chi connectivity index (χ0n) is 9.81. The molecular formula is C10H19N5O. The Morgan fingerprint density at radius 2 is 2.19 bits per heavy atom. The van der Waals surface area contributed by atoms with Crippen LogP contribution in [0, 0.1) is 0 Å². The first kappa shape index (κ1) is 12.7. The van der Waals surface area contributed by atoms with E-state index in [0.29, 0.717) is 5.82 Å². The highest BCUT2D eigenvalue weighted by Gasteiger charge is 1.98. The Kier molecular flexibility index (Phi) is 5.52. The summed E-state index contributed by atoms with van der Waals surface area (Å²) in [6, 6.07) is 0. The molecule has 0 unspecified atom stereocenters. The molecule has 1 heterocycles. The number of hydrogen-bond donors (Lipinski definition) is 2. The standard InChI is InChI=1S/C10H19N5O/c1-15(5-6-16-2)4-3-12-10-8-13-9(11)7-14-10/h7-8H,3-6H2,1-2H3,(H2,11,13)(H,12,14). The summed E-state index contributed by atoms with van der Waals surface area (Å²) in [5.41, 5.74) is 5.43. The van der Waals surface area contributed by atoms with Gasteiger partial charge in [-0.1, -0.05) is 0 Å². The second kappa shape index (κ2) is 6.97. The lowest BCUT2D eigenvalue weighted by Gasteiger charge is -2.16. The zero-order valence-corrected chi connectivity index (χ0v) is 9.81. The summed E-state index contributed by atoms with van der Waals surface area (Å²) in [6.45, 7) is 3.41. The van der Waals surface area contributed by atoms with Crippen molar-refractivity contribution in [3.05, 3.63) is 12.4 Å². The lowest BCUT2D eigenvalue weighted by molar-refractivity contribution is 0.163. The minimum absolute atomic E-state index is 0.433. The van der Waals surface area contributed by atoms with Crippen LogP contribution in [0.1, 0.15) is 0 Å². The van der Waals surface area contributed by atoms with Crippen molar-refractivity contribution in [3.63, 3.8) is 0 Å². The number of ether oxygens (including phenoxy) is 1. The number of methoxy groups -OCH3 is 1. The van der Waals surface area contributed by atoms with Gasteiger partial charge in [-0.05, 0) is 7.05 Å². The predicted octanol–water partition coefficient (Wildman–Crippen LogP) is 0.0489. The molecule has 0 radical (unpaired) electrons. The normalized spacial score (nSPS) is 10.7. The van der Waals surface area contributed by atoms with E-state index in [1.54, 1.807) is 13.3 Å². The molecule has 0 bridgehead atoms. The number of nitrogen functional groups attached to an aromatic ring is 1. The minimum atomic E-state index is 0.433. The van der Waals surface area contributed by atoms with Crippen molar-refractivity contribution >= 4 is 11.6 Å². The van der Waals surface area contributed by atoms with Crippen LogP contribution in [0.25, 0.3) is 0 Å². The van der Waals surface area contributed by atoms with Gasteiger partial charge in [0.05, 0.1) is 19.0 Å². The van der Waals surface area contributed by atoms with Gasteiger partial charge in [0.25, 0.3) is 0 Å². The van der Waals surface area contributed by atoms with E-state index in [-0.39, 0.29) is 0 Å². The van der Waals surface area contributed by atoms with E-state index < -0.39 is 0 Å². The molecule has 1 aromatic heterocycles. The van der Waals surface area contributed by atoms with Crippen LogP contribution in [0.4, 0.5) is 11.6 Å². The molecule has 0 aliphatic rings. The van der Waals surface area contributed by atoms with Gasteiger partial charge in [0.1, 0.15) is 11.6 Å². The molecule has 6 nitrogen and oxygen atoms in total. The van der Waals surface area contributed by atoms with Gasteiger partial charge >= 0.3 is 0 Å². The van der Waals surface area contributed by atoms with E-state index >= 15 is 0 Å². The average Bonchev–Trinajstić information content (AvgIpc) is 2.29. The van der Waals surface area contributed by atoms with Gasteiger partial charge in [0.15, 0.2) is 0 Å². The van der Waals surface area contributed by atoms with E-state index in [2.05, 4.69) is 27.2 Å². The minimum Gasteiger partial charge on any atom is -0.383 e. The fourth-order valence-corrected chi connectivity index (χ4v) is 1.16. The Bertz CT molecular complexity index is 290. The van der Waals surface area contributed by atoms with E-state index in [4.69, 9.17) is 10.5 Å². The molecule has 90 valence electrons. The SMILES string of the molecule is COCCN(C)CCNc1cnc(N)cn1. The van der Waals surface area contributed by atoms with Crippen molar-refractivity contribution in [2.24, 2.45) is 0 Å². The number of nitrogens with one attached hydrogen (secondary N) is 1. The third-order valence-corrected chi connectivity index (χ3v) is 2.15. The third kappa shape index (κ3) is 4.90. The number of nitrogens with zero attached hydrogens (tertiary/aromatic N) is 3. The molecular weight excluding hydrogens is 206 g/mol. The van der Waals surface area contributed by atoms with Crippen LogP contribution in [0.5, 0.6) is 0 Å². The fourth-order valence-electron chi connectivity index (χ4n) is 1.16. The predicted molar refractivity (Wildman–Crippen MR) is 64.3 cm³/mol. The summed E-state index contributed by atoms with van der Waals surface area (Å²) in [6.07, 6.45) is 3.17. The monoisotopic (exact) mass is 225 g/mol. The van der Waals surface area contributed by atoms with Crippen molar-refractivity contribution in [2.75, 3.05) is 51.4 Å². The Balaban J connectivity index is 2.17. The van der Waals surface area contributed by atoms with Crippen LogP contribution in [0.3, 0.4) is 0 Å². The molecule has 0 aliphatic carbocycles. The molecule has 0 amide bonds. The van der Waals surface area contributed by atoms with Crippen molar-refractivity contribution in [1.29, 1.82) is 0 Å². The smallest absolute Gasteiger partial charge is 0.144 e. The molecule has 3 N–H and O–H groups in total. The van der Waals surface area contributed by atoms with Gasteiger partial charge in [-0.15, -0.1) is 0 Å². The molecule has 0 fully saturated rings. The quantitative estimate of drug-likeness (QED) is 0.683. The Labute approximate surface area is 95.8 Å². The highest BCUT2D eigenvalue weighted by molar-refractivity contribution is 5.35. The molecule has 0 saturated heterocycles. The second-order valence-corrected chi connectivity index (χ2v) is 3.55. The molecule has 1 rings (SSSR count). The lowest BCUT2D eigenvalue weighted by Crippen LogP contribution is -2.28. The average molecular weight is 225 g/mol. The van der Waals surface area contributed by atoms with Crippen LogP contribution < -0.4 is 11.1 Å². The Morgan fingerprint density at radius 1 is 1.38 bits per heavy atom. The van der Waals surface area contributed by atoms with E-state index in [1.807, 2.05) is 0 Å². The molecule has 6 heteroatoms. The van der Waals surface area contributed by atoms with Crippen molar-refractivity contribution in [3.8, 4) is 0 Å². The maximum absolute atomic E-state index is 5.43. The maximum atomic E-state index is 5.43. The van der Waals surface area contributed by atoms with Gasteiger partial charge in [-0.2, -0.15) is 0 Å². The van der Waals surface area contributed by atoms with E-state index in [9.17, 15) is 0 Å². The summed E-state index contributed by atoms with van der Waals surface area (Å²) in [4.78, 5) is 10.2. The van der Waals surface area contributed by atoms with Crippen LogP contribution in [0.2, 0.25) is 0 Å². The number of rotatable bonds is 7. The molecule has 0 saturated carbocycles. The Morgan fingerprint density at radius 3 is 2.81 bits per heavy atom. The van der Waals surface area contributed by atoms with Crippen molar-refractivity contribution in [1.82, 2.24) is 14.9 Å². The number of likely N-dealkylation sites (N-methyl/N-ethyl adjacent to an activating group) is 1. The Hall–Kier alpha value is -1.40. The first-order valence-electron chi connectivity index (χ1n) is 5.21. The van der Waals surface area contributed by atoms with Crippen molar-refractivity contribution < 1.29 is 4.74 Å². The fraction of sp³-hybridized carbons (Fsp3) is 0.600. The highest BCUT2D eigenvalue weighted by Crippen LogP contribution is 2.00. The van der Waals surface area contributed by atoms with E-state index in [0.717, 1.165) is 32.1 Å². The molecule has 0 aliphatic heterocycles. The molecule has 0 aromatic carbocycles. The number of anilines is 2. The number of aromatic nitrogens is 2. The largest absolute Gasteiger partial charge is 0.383 e. The highest BCUT2D eigenvalue weighted by atomic mass is 16.5. The summed E-state index contributed by atoms with van der Waals surface area (Å²) >= 11 is 0. The molecule has 1 aromatic rings.